The maximum atomic E-state index is 12.1. The summed E-state index contributed by atoms with van der Waals surface area (Å²) in [5.74, 6) is 0.130. The Kier molecular flexibility index (Phi) is 4.18. The van der Waals surface area contributed by atoms with Gasteiger partial charge in [-0.25, -0.2) is 0 Å². The van der Waals surface area contributed by atoms with E-state index in [2.05, 4.69) is 11.4 Å². The van der Waals surface area contributed by atoms with Gasteiger partial charge in [-0.2, -0.15) is 0 Å². The van der Waals surface area contributed by atoms with E-state index in [-0.39, 0.29) is 11.9 Å². The van der Waals surface area contributed by atoms with Crippen molar-refractivity contribution < 1.29 is 9.90 Å². The van der Waals surface area contributed by atoms with Crippen LogP contribution in [0.25, 0.3) is 0 Å². The van der Waals surface area contributed by atoms with Gasteiger partial charge < -0.3 is 15.3 Å². The number of β-amino-alcohol motifs (C(OH)–C–C–N with tert-alkyl or cyclic N) is 1. The van der Waals surface area contributed by atoms with Gasteiger partial charge in [0, 0.05) is 26.6 Å². The Morgan fingerprint density at radius 2 is 2.35 bits per heavy atom. The number of allylic oxidation sites excluding steroid dienone is 1. The number of aliphatic hydroxyl groups is 1. The topological polar surface area (TPSA) is 52.6 Å². The van der Waals surface area contributed by atoms with Gasteiger partial charge >= 0.3 is 0 Å². The number of amides is 1. The fourth-order valence-electron chi connectivity index (χ4n) is 2.62. The van der Waals surface area contributed by atoms with Crippen LogP contribution in [0, 0.1) is 0 Å². The van der Waals surface area contributed by atoms with Crippen molar-refractivity contribution in [3.63, 3.8) is 0 Å². The van der Waals surface area contributed by atoms with E-state index in [4.69, 9.17) is 0 Å². The van der Waals surface area contributed by atoms with Crippen LogP contribution in [-0.2, 0) is 4.79 Å². The summed E-state index contributed by atoms with van der Waals surface area (Å²) in [5.41, 5.74) is 1.27. The summed E-state index contributed by atoms with van der Waals surface area (Å²) in [4.78, 5) is 13.8. The first-order valence-electron chi connectivity index (χ1n) is 6.51. The van der Waals surface area contributed by atoms with Crippen LogP contribution in [0.2, 0.25) is 0 Å². The van der Waals surface area contributed by atoms with E-state index in [1.165, 1.54) is 18.4 Å². The van der Waals surface area contributed by atoms with E-state index in [0.717, 1.165) is 12.8 Å². The monoisotopic (exact) mass is 238 g/mol. The van der Waals surface area contributed by atoms with Crippen LogP contribution in [0.4, 0.5) is 0 Å². The number of rotatable bonds is 3. The molecule has 0 radical (unpaired) electrons. The van der Waals surface area contributed by atoms with Crippen molar-refractivity contribution in [2.24, 2.45) is 0 Å². The highest BCUT2D eigenvalue weighted by molar-refractivity contribution is 5.79. The molecule has 2 atom stereocenters. The molecule has 2 N–H and O–H groups in total. The van der Waals surface area contributed by atoms with Crippen LogP contribution in [-0.4, -0.2) is 48.2 Å². The van der Waals surface area contributed by atoms with Crippen molar-refractivity contribution in [1.82, 2.24) is 10.2 Å². The molecule has 1 amide bonds. The summed E-state index contributed by atoms with van der Waals surface area (Å²) in [6.07, 6.45) is 6.93. The molecule has 96 valence electrons. The van der Waals surface area contributed by atoms with E-state index in [1.54, 1.807) is 11.9 Å². The smallest absolute Gasteiger partial charge is 0.226 e. The average molecular weight is 238 g/mol. The molecule has 4 nitrogen and oxygen atoms in total. The summed E-state index contributed by atoms with van der Waals surface area (Å²) in [6, 6.07) is -0.0632. The molecule has 2 aliphatic rings. The molecule has 0 saturated carbocycles. The zero-order valence-electron chi connectivity index (χ0n) is 10.5. The molecule has 1 aliphatic heterocycles. The first-order valence-corrected chi connectivity index (χ1v) is 6.51. The lowest BCUT2D eigenvalue weighted by atomic mass is 9.96. The zero-order chi connectivity index (χ0) is 12.3. The maximum Gasteiger partial charge on any atom is 0.226 e. The van der Waals surface area contributed by atoms with Crippen molar-refractivity contribution >= 4 is 5.91 Å². The molecule has 0 spiro atoms. The Bertz CT molecular complexity index is 315. The summed E-state index contributed by atoms with van der Waals surface area (Å²) in [5, 5.41) is 12.8. The highest BCUT2D eigenvalue weighted by atomic mass is 16.3. The number of aliphatic hydroxyl groups excluding tert-OH is 1. The SMILES string of the molecule is CN(C(=O)CC1=CCCCC1)[C@@H]1CNC[C@H]1O. The number of hydrogen-bond acceptors (Lipinski definition) is 3. The summed E-state index contributed by atoms with van der Waals surface area (Å²) in [6.45, 7) is 1.29. The Morgan fingerprint density at radius 1 is 1.53 bits per heavy atom. The summed E-state index contributed by atoms with van der Waals surface area (Å²) < 4.78 is 0. The van der Waals surface area contributed by atoms with Gasteiger partial charge in [0.25, 0.3) is 0 Å². The van der Waals surface area contributed by atoms with Crippen molar-refractivity contribution in [2.75, 3.05) is 20.1 Å². The summed E-state index contributed by atoms with van der Waals surface area (Å²) >= 11 is 0. The lowest BCUT2D eigenvalue weighted by Crippen LogP contribution is -2.44. The molecule has 4 heteroatoms. The maximum absolute atomic E-state index is 12.1. The van der Waals surface area contributed by atoms with Gasteiger partial charge in [0.15, 0.2) is 0 Å². The van der Waals surface area contributed by atoms with E-state index in [1.807, 2.05) is 0 Å². The molecule has 0 unspecified atom stereocenters. The van der Waals surface area contributed by atoms with Gasteiger partial charge in [0.1, 0.15) is 0 Å². The molecule has 1 aliphatic carbocycles. The third-order valence-corrected chi connectivity index (χ3v) is 3.81. The fourth-order valence-corrected chi connectivity index (χ4v) is 2.62. The second-order valence-electron chi connectivity index (χ2n) is 5.08. The van der Waals surface area contributed by atoms with Gasteiger partial charge in [-0.15, -0.1) is 0 Å². The zero-order valence-corrected chi connectivity index (χ0v) is 10.5. The van der Waals surface area contributed by atoms with Gasteiger partial charge in [-0.3, -0.25) is 4.79 Å². The number of nitrogens with one attached hydrogen (secondary N) is 1. The van der Waals surface area contributed by atoms with Crippen LogP contribution in [0.1, 0.15) is 32.1 Å². The van der Waals surface area contributed by atoms with Crippen molar-refractivity contribution in [2.45, 2.75) is 44.2 Å². The van der Waals surface area contributed by atoms with Crippen LogP contribution >= 0.6 is 0 Å². The molecule has 17 heavy (non-hydrogen) atoms. The molecule has 1 saturated heterocycles. The molecule has 0 bridgehead atoms. The number of likely N-dealkylation sites (N-methyl/N-ethyl adjacent to an activating group) is 1. The fraction of sp³-hybridized carbons (Fsp3) is 0.769. The van der Waals surface area contributed by atoms with Crippen molar-refractivity contribution in [1.29, 1.82) is 0 Å². The minimum Gasteiger partial charge on any atom is -0.390 e. The number of carbonyl (C=O) groups excluding carboxylic acids is 1. The third-order valence-electron chi connectivity index (χ3n) is 3.81. The molecule has 1 fully saturated rings. The molecular weight excluding hydrogens is 216 g/mol. The molecule has 0 aromatic heterocycles. The van der Waals surface area contributed by atoms with Crippen LogP contribution in [0.3, 0.4) is 0 Å². The van der Waals surface area contributed by atoms with Gasteiger partial charge in [-0.05, 0) is 25.7 Å². The Hall–Kier alpha value is -0.870. The molecule has 0 aromatic rings. The molecule has 0 aromatic carbocycles. The van der Waals surface area contributed by atoms with Gasteiger partial charge in [-0.1, -0.05) is 11.6 Å². The first-order chi connectivity index (χ1) is 8.18. The van der Waals surface area contributed by atoms with Crippen molar-refractivity contribution in [3.05, 3.63) is 11.6 Å². The quantitative estimate of drug-likeness (QED) is 0.711. The van der Waals surface area contributed by atoms with E-state index in [9.17, 15) is 9.90 Å². The molecule has 1 heterocycles. The standard InChI is InChI=1S/C13H22N2O2/c1-15(11-8-14-9-12(11)16)13(17)7-10-5-3-2-4-6-10/h5,11-12,14,16H,2-4,6-9H2,1H3/t11-,12-/m1/s1. The van der Waals surface area contributed by atoms with Crippen LogP contribution in [0.5, 0.6) is 0 Å². The van der Waals surface area contributed by atoms with Crippen molar-refractivity contribution in [3.8, 4) is 0 Å². The predicted octanol–water partition coefficient (Wildman–Crippen LogP) is 0.668. The minimum absolute atomic E-state index is 0.0632. The summed E-state index contributed by atoms with van der Waals surface area (Å²) in [7, 11) is 1.80. The number of carbonyl (C=O) groups is 1. The van der Waals surface area contributed by atoms with Gasteiger partial charge in [0.2, 0.25) is 5.91 Å². The number of nitrogens with zero attached hydrogens (tertiary/aromatic N) is 1. The van der Waals surface area contributed by atoms with Gasteiger partial charge in [0.05, 0.1) is 12.1 Å². The van der Waals surface area contributed by atoms with Crippen LogP contribution < -0.4 is 5.32 Å². The average Bonchev–Trinajstić information content (AvgIpc) is 2.76. The number of hydrogen-bond donors (Lipinski definition) is 2. The molecular formula is C13H22N2O2. The lowest BCUT2D eigenvalue weighted by molar-refractivity contribution is -0.132. The largest absolute Gasteiger partial charge is 0.390 e. The second kappa shape index (κ2) is 5.65. The van der Waals surface area contributed by atoms with E-state index >= 15 is 0 Å². The normalized spacial score (nSPS) is 28.9. The first kappa shape index (κ1) is 12.6. The Balaban J connectivity index is 1.88. The third kappa shape index (κ3) is 3.07. The highest BCUT2D eigenvalue weighted by Gasteiger charge is 2.31. The van der Waals surface area contributed by atoms with Crippen LogP contribution in [0.15, 0.2) is 11.6 Å². The molecule has 2 rings (SSSR count). The lowest BCUT2D eigenvalue weighted by Gasteiger charge is -2.27. The predicted molar refractivity (Wildman–Crippen MR) is 66.6 cm³/mol. The second-order valence-corrected chi connectivity index (χ2v) is 5.08. The van der Waals surface area contributed by atoms with E-state index in [0.29, 0.717) is 19.5 Å². The highest BCUT2D eigenvalue weighted by Crippen LogP contribution is 2.21. The Morgan fingerprint density at radius 3 is 2.94 bits per heavy atom. The Labute approximate surface area is 103 Å². The minimum atomic E-state index is -0.427. The van der Waals surface area contributed by atoms with E-state index < -0.39 is 6.10 Å².